The molecule has 0 fully saturated rings. The highest BCUT2D eigenvalue weighted by Gasteiger charge is 2.19. The van der Waals surface area contributed by atoms with Crippen molar-refractivity contribution < 1.29 is 27.5 Å². The lowest BCUT2D eigenvalue weighted by atomic mass is 10.1. The van der Waals surface area contributed by atoms with Gasteiger partial charge in [-0.05, 0) is 61.4 Å². The molecule has 0 heterocycles. The van der Waals surface area contributed by atoms with Gasteiger partial charge < -0.3 is 20.5 Å². The van der Waals surface area contributed by atoms with Gasteiger partial charge in [0, 0.05) is 17.3 Å². The third-order valence-electron chi connectivity index (χ3n) is 5.07. The molecule has 178 valence electrons. The Morgan fingerprint density at radius 1 is 0.882 bits per heavy atom. The summed E-state index contributed by atoms with van der Waals surface area (Å²) >= 11 is 0. The molecule has 0 atom stereocenters. The predicted octanol–water partition coefficient (Wildman–Crippen LogP) is 3.47. The maximum atomic E-state index is 12.8. The van der Waals surface area contributed by atoms with E-state index in [-0.39, 0.29) is 27.5 Å². The molecule has 34 heavy (non-hydrogen) atoms. The van der Waals surface area contributed by atoms with Crippen LogP contribution in [0.25, 0.3) is 0 Å². The number of methoxy groups -OCH3 is 2. The van der Waals surface area contributed by atoms with Crippen LogP contribution in [0.3, 0.4) is 0 Å². The van der Waals surface area contributed by atoms with Crippen molar-refractivity contribution in [3.8, 4) is 11.5 Å². The Labute approximate surface area is 197 Å². The highest BCUT2D eigenvalue weighted by atomic mass is 32.2. The zero-order valence-corrected chi connectivity index (χ0v) is 19.9. The summed E-state index contributed by atoms with van der Waals surface area (Å²) in [5.74, 6) is -0.695. The zero-order valence-electron chi connectivity index (χ0n) is 19.1. The van der Waals surface area contributed by atoms with Crippen LogP contribution in [0, 0.1) is 13.8 Å². The second-order valence-corrected chi connectivity index (χ2v) is 9.17. The maximum absolute atomic E-state index is 12.8. The van der Waals surface area contributed by atoms with Crippen LogP contribution in [0.5, 0.6) is 11.5 Å². The maximum Gasteiger partial charge on any atom is 0.262 e. The average molecular weight is 484 g/mol. The molecular formula is C24H25N3O6S. The number of benzene rings is 3. The van der Waals surface area contributed by atoms with Gasteiger partial charge in [-0.2, -0.15) is 0 Å². The number of nitrogens with one attached hydrogen (secondary N) is 2. The van der Waals surface area contributed by atoms with Gasteiger partial charge in [-0.1, -0.05) is 12.1 Å². The first kappa shape index (κ1) is 24.6. The third kappa shape index (κ3) is 5.29. The summed E-state index contributed by atoms with van der Waals surface area (Å²) in [5.41, 5.74) is 7.60. The Balaban J connectivity index is 1.82. The summed E-state index contributed by atoms with van der Waals surface area (Å²) < 4.78 is 38.5. The molecule has 0 bridgehead atoms. The molecule has 10 heteroatoms. The van der Waals surface area contributed by atoms with Crippen LogP contribution >= 0.6 is 0 Å². The highest BCUT2D eigenvalue weighted by molar-refractivity contribution is 7.92. The zero-order chi connectivity index (χ0) is 25.0. The molecule has 3 aromatic carbocycles. The fraction of sp³-hybridized carbons (Fsp3) is 0.167. The van der Waals surface area contributed by atoms with Gasteiger partial charge in [0.1, 0.15) is 0 Å². The minimum absolute atomic E-state index is 0.0453. The van der Waals surface area contributed by atoms with Gasteiger partial charge in [0.15, 0.2) is 11.5 Å². The first-order valence-electron chi connectivity index (χ1n) is 10.1. The molecule has 0 unspecified atom stereocenters. The van der Waals surface area contributed by atoms with E-state index in [1.165, 1.54) is 50.6 Å². The SMILES string of the molecule is COc1cc(NC(=O)c2ccc(NS(=O)(=O)c3cc(C)ccc3C)cc2)c(C(N)=O)cc1OC. The lowest BCUT2D eigenvalue weighted by Gasteiger charge is -2.14. The van der Waals surface area contributed by atoms with E-state index in [2.05, 4.69) is 10.0 Å². The van der Waals surface area contributed by atoms with Crippen molar-refractivity contribution in [1.82, 2.24) is 0 Å². The largest absolute Gasteiger partial charge is 0.493 e. The van der Waals surface area contributed by atoms with Crippen LogP contribution in [0.1, 0.15) is 31.8 Å². The molecule has 0 saturated carbocycles. The standard InChI is InChI=1S/C24H25N3O6S/c1-14-5-6-15(2)22(11-14)34(30,31)27-17-9-7-16(8-10-17)24(29)26-19-13-21(33-4)20(32-3)12-18(19)23(25)28/h5-13,27H,1-4H3,(H2,25,28)(H,26,29). The molecule has 3 aromatic rings. The summed E-state index contributed by atoms with van der Waals surface area (Å²) in [5, 5.41) is 2.63. The molecule has 2 amide bonds. The number of carbonyl (C=O) groups is 2. The summed E-state index contributed by atoms with van der Waals surface area (Å²) in [6.45, 7) is 3.53. The van der Waals surface area contributed by atoms with E-state index in [0.717, 1.165) is 5.56 Å². The number of amides is 2. The first-order chi connectivity index (χ1) is 16.1. The number of sulfonamides is 1. The topological polar surface area (TPSA) is 137 Å². The molecule has 0 saturated heterocycles. The summed E-state index contributed by atoms with van der Waals surface area (Å²) in [6, 6.07) is 13.9. The number of hydrogen-bond donors (Lipinski definition) is 3. The Morgan fingerprint density at radius 2 is 1.50 bits per heavy atom. The number of nitrogens with two attached hydrogens (primary N) is 1. The fourth-order valence-electron chi connectivity index (χ4n) is 3.28. The Hall–Kier alpha value is -4.05. The van der Waals surface area contributed by atoms with Crippen molar-refractivity contribution in [2.24, 2.45) is 5.73 Å². The van der Waals surface area contributed by atoms with Gasteiger partial charge in [-0.3, -0.25) is 14.3 Å². The number of anilines is 2. The molecule has 0 aliphatic heterocycles. The Kier molecular flexibility index (Phi) is 7.11. The van der Waals surface area contributed by atoms with Crippen molar-refractivity contribution in [1.29, 1.82) is 0 Å². The van der Waals surface area contributed by atoms with Crippen molar-refractivity contribution in [2.75, 3.05) is 24.3 Å². The number of rotatable bonds is 8. The third-order valence-corrected chi connectivity index (χ3v) is 6.59. The lowest BCUT2D eigenvalue weighted by molar-refractivity contribution is 0.100. The number of primary amides is 1. The smallest absolute Gasteiger partial charge is 0.262 e. The minimum Gasteiger partial charge on any atom is -0.493 e. The molecule has 0 spiro atoms. The van der Waals surface area contributed by atoms with Crippen LogP contribution in [0.2, 0.25) is 0 Å². The van der Waals surface area contributed by atoms with E-state index >= 15 is 0 Å². The molecule has 9 nitrogen and oxygen atoms in total. The van der Waals surface area contributed by atoms with Crippen LogP contribution in [-0.2, 0) is 10.0 Å². The van der Waals surface area contributed by atoms with Crippen LogP contribution in [0.4, 0.5) is 11.4 Å². The average Bonchev–Trinajstić information content (AvgIpc) is 2.80. The second kappa shape index (κ2) is 9.84. The van der Waals surface area contributed by atoms with Crippen molar-refractivity contribution in [3.05, 3.63) is 76.9 Å². The van der Waals surface area contributed by atoms with Crippen LogP contribution in [-0.4, -0.2) is 34.5 Å². The normalized spacial score (nSPS) is 10.9. The van der Waals surface area contributed by atoms with E-state index in [4.69, 9.17) is 15.2 Å². The van der Waals surface area contributed by atoms with Gasteiger partial charge in [-0.15, -0.1) is 0 Å². The predicted molar refractivity (Wildman–Crippen MR) is 129 cm³/mol. The summed E-state index contributed by atoms with van der Waals surface area (Å²) in [6.07, 6.45) is 0. The summed E-state index contributed by atoms with van der Waals surface area (Å²) in [7, 11) is -0.970. The molecule has 4 N–H and O–H groups in total. The number of ether oxygens (including phenoxy) is 2. The molecule has 0 aromatic heterocycles. The molecule has 0 aliphatic carbocycles. The van der Waals surface area contributed by atoms with E-state index in [1.54, 1.807) is 19.1 Å². The van der Waals surface area contributed by atoms with Crippen LogP contribution < -0.4 is 25.2 Å². The van der Waals surface area contributed by atoms with Crippen molar-refractivity contribution in [3.63, 3.8) is 0 Å². The van der Waals surface area contributed by atoms with E-state index in [0.29, 0.717) is 17.0 Å². The number of aryl methyl sites for hydroxylation is 2. The number of carbonyl (C=O) groups excluding carboxylic acids is 2. The van der Waals surface area contributed by atoms with Gasteiger partial charge in [0.05, 0.1) is 30.4 Å². The second-order valence-electron chi connectivity index (χ2n) is 7.52. The minimum atomic E-state index is -3.81. The number of hydrogen-bond acceptors (Lipinski definition) is 6. The molecule has 0 radical (unpaired) electrons. The molecule has 0 aliphatic rings. The van der Waals surface area contributed by atoms with E-state index < -0.39 is 21.8 Å². The quantitative estimate of drug-likeness (QED) is 0.449. The Morgan fingerprint density at radius 3 is 2.09 bits per heavy atom. The lowest BCUT2D eigenvalue weighted by Crippen LogP contribution is -2.19. The monoisotopic (exact) mass is 483 g/mol. The van der Waals surface area contributed by atoms with Crippen molar-refractivity contribution in [2.45, 2.75) is 18.7 Å². The van der Waals surface area contributed by atoms with Gasteiger partial charge in [0.25, 0.3) is 21.8 Å². The fourth-order valence-corrected chi connectivity index (χ4v) is 4.67. The van der Waals surface area contributed by atoms with Crippen molar-refractivity contribution >= 4 is 33.2 Å². The van der Waals surface area contributed by atoms with E-state index in [1.807, 2.05) is 13.0 Å². The van der Waals surface area contributed by atoms with E-state index in [9.17, 15) is 18.0 Å². The van der Waals surface area contributed by atoms with Gasteiger partial charge in [0.2, 0.25) is 0 Å². The molecular weight excluding hydrogens is 458 g/mol. The van der Waals surface area contributed by atoms with Crippen LogP contribution in [0.15, 0.2) is 59.5 Å². The summed E-state index contributed by atoms with van der Waals surface area (Å²) in [4.78, 5) is 24.8. The van der Waals surface area contributed by atoms with Gasteiger partial charge in [-0.25, -0.2) is 8.42 Å². The molecule has 3 rings (SSSR count). The highest BCUT2D eigenvalue weighted by Crippen LogP contribution is 2.33. The Bertz CT molecular complexity index is 1350. The van der Waals surface area contributed by atoms with Gasteiger partial charge >= 0.3 is 0 Å². The first-order valence-corrected chi connectivity index (χ1v) is 11.6.